The summed E-state index contributed by atoms with van der Waals surface area (Å²) in [7, 11) is 0. The van der Waals surface area contributed by atoms with E-state index in [-0.39, 0.29) is 11.8 Å². The van der Waals surface area contributed by atoms with E-state index in [0.717, 1.165) is 12.1 Å². The maximum Gasteiger partial charge on any atom is 0.224 e. The number of aryl methyl sites for hydroxylation is 1. The number of hydrogen-bond donors (Lipinski definition) is 2. The number of rotatable bonds is 6. The third-order valence-electron chi connectivity index (χ3n) is 2.52. The average molecular weight is 239 g/mol. The van der Waals surface area contributed by atoms with E-state index < -0.39 is 0 Å². The van der Waals surface area contributed by atoms with Crippen LogP contribution in [-0.2, 0) is 11.3 Å². The van der Waals surface area contributed by atoms with Crippen LogP contribution in [0.2, 0.25) is 0 Å². The lowest BCUT2D eigenvalue weighted by atomic mass is 9.96. The Kier molecular flexibility index (Phi) is 5.15. The molecule has 96 valence electrons. The first-order valence-electron chi connectivity index (χ1n) is 5.93. The highest BCUT2D eigenvalue weighted by Gasteiger charge is 2.18. The van der Waals surface area contributed by atoms with Gasteiger partial charge in [0.15, 0.2) is 5.76 Å². The third-order valence-corrected chi connectivity index (χ3v) is 2.52. The fourth-order valence-corrected chi connectivity index (χ4v) is 1.70. The van der Waals surface area contributed by atoms with Crippen molar-refractivity contribution in [1.82, 2.24) is 10.5 Å². The molecule has 1 aromatic rings. The second-order valence-electron chi connectivity index (χ2n) is 4.71. The molecule has 5 nitrogen and oxygen atoms in total. The highest BCUT2D eigenvalue weighted by atomic mass is 16.5. The first-order valence-corrected chi connectivity index (χ1v) is 5.93. The molecule has 0 saturated carbocycles. The Morgan fingerprint density at radius 2 is 2.29 bits per heavy atom. The van der Waals surface area contributed by atoms with Gasteiger partial charge in [0.05, 0.1) is 18.2 Å². The van der Waals surface area contributed by atoms with Crippen LogP contribution < -0.4 is 11.1 Å². The summed E-state index contributed by atoms with van der Waals surface area (Å²) in [5.41, 5.74) is 6.41. The summed E-state index contributed by atoms with van der Waals surface area (Å²) >= 11 is 0. The molecular weight excluding hydrogens is 218 g/mol. The van der Waals surface area contributed by atoms with Crippen LogP contribution in [0.1, 0.15) is 31.7 Å². The second kappa shape index (κ2) is 6.39. The minimum Gasteiger partial charge on any atom is -0.359 e. The van der Waals surface area contributed by atoms with Gasteiger partial charge in [-0.05, 0) is 19.3 Å². The number of hydrogen-bond acceptors (Lipinski definition) is 4. The molecule has 1 heterocycles. The van der Waals surface area contributed by atoms with Crippen LogP contribution in [0.4, 0.5) is 0 Å². The Labute approximate surface area is 102 Å². The Balaban J connectivity index is 2.42. The van der Waals surface area contributed by atoms with E-state index in [4.69, 9.17) is 10.3 Å². The van der Waals surface area contributed by atoms with E-state index in [9.17, 15) is 4.79 Å². The van der Waals surface area contributed by atoms with Crippen LogP contribution in [0.5, 0.6) is 0 Å². The minimum absolute atomic E-state index is 0.0183. The molecule has 1 aromatic heterocycles. The van der Waals surface area contributed by atoms with Crippen molar-refractivity contribution in [3.8, 4) is 0 Å². The smallest absolute Gasteiger partial charge is 0.224 e. The van der Waals surface area contributed by atoms with Crippen LogP contribution in [0.3, 0.4) is 0 Å². The average Bonchev–Trinajstić information content (AvgIpc) is 2.68. The second-order valence-corrected chi connectivity index (χ2v) is 4.71. The number of aromatic nitrogens is 1. The molecule has 1 atom stereocenters. The van der Waals surface area contributed by atoms with Crippen LogP contribution in [0.25, 0.3) is 0 Å². The Hall–Kier alpha value is -1.36. The number of carbonyl (C=O) groups is 1. The number of amides is 1. The van der Waals surface area contributed by atoms with Crippen molar-refractivity contribution in [2.24, 2.45) is 17.6 Å². The molecule has 0 aliphatic carbocycles. The fraction of sp³-hybridized carbons (Fsp3) is 0.667. The van der Waals surface area contributed by atoms with Gasteiger partial charge in [-0.25, -0.2) is 0 Å². The summed E-state index contributed by atoms with van der Waals surface area (Å²) in [6, 6.07) is 1.81. The molecule has 1 unspecified atom stereocenters. The Bertz CT molecular complexity index is 360. The fourth-order valence-electron chi connectivity index (χ4n) is 1.70. The quantitative estimate of drug-likeness (QED) is 0.782. The topological polar surface area (TPSA) is 81.2 Å². The molecule has 0 spiro atoms. The van der Waals surface area contributed by atoms with Crippen LogP contribution in [0, 0.1) is 18.8 Å². The number of carbonyl (C=O) groups excluding carboxylic acids is 1. The van der Waals surface area contributed by atoms with Crippen molar-refractivity contribution in [2.45, 2.75) is 33.7 Å². The zero-order valence-corrected chi connectivity index (χ0v) is 10.7. The predicted molar refractivity (Wildman–Crippen MR) is 65.1 cm³/mol. The van der Waals surface area contributed by atoms with Crippen molar-refractivity contribution in [1.29, 1.82) is 0 Å². The lowest BCUT2D eigenvalue weighted by molar-refractivity contribution is -0.125. The molecule has 5 heteroatoms. The standard InChI is InChI=1S/C12H21N3O2/c1-8(2)4-10(6-13)12(16)14-7-11-5-9(3)15-17-11/h5,8,10H,4,6-7,13H2,1-3H3,(H,14,16). The van der Waals surface area contributed by atoms with Crippen LogP contribution in [0.15, 0.2) is 10.6 Å². The van der Waals surface area contributed by atoms with Gasteiger partial charge in [0.1, 0.15) is 0 Å². The van der Waals surface area contributed by atoms with E-state index in [1.807, 2.05) is 6.92 Å². The van der Waals surface area contributed by atoms with Gasteiger partial charge in [-0.1, -0.05) is 19.0 Å². The molecule has 0 radical (unpaired) electrons. The summed E-state index contributed by atoms with van der Waals surface area (Å²) < 4.78 is 5.01. The van der Waals surface area contributed by atoms with Gasteiger partial charge in [-0.15, -0.1) is 0 Å². The molecule has 0 aliphatic heterocycles. The van der Waals surface area contributed by atoms with E-state index in [1.165, 1.54) is 0 Å². The molecule has 0 aromatic carbocycles. The van der Waals surface area contributed by atoms with Gasteiger partial charge in [-0.2, -0.15) is 0 Å². The molecule has 0 aliphatic rings. The van der Waals surface area contributed by atoms with Gasteiger partial charge >= 0.3 is 0 Å². The number of nitrogens with one attached hydrogen (secondary N) is 1. The molecule has 0 bridgehead atoms. The van der Waals surface area contributed by atoms with Gasteiger partial charge in [0.25, 0.3) is 0 Å². The van der Waals surface area contributed by atoms with Gasteiger partial charge in [0.2, 0.25) is 5.91 Å². The van der Waals surface area contributed by atoms with E-state index >= 15 is 0 Å². The zero-order valence-electron chi connectivity index (χ0n) is 10.7. The van der Waals surface area contributed by atoms with E-state index in [2.05, 4.69) is 24.3 Å². The highest BCUT2D eigenvalue weighted by molar-refractivity contribution is 5.78. The first kappa shape index (κ1) is 13.7. The largest absolute Gasteiger partial charge is 0.359 e. The van der Waals surface area contributed by atoms with Crippen molar-refractivity contribution in [3.63, 3.8) is 0 Å². The lowest BCUT2D eigenvalue weighted by Crippen LogP contribution is -2.35. The Morgan fingerprint density at radius 1 is 1.59 bits per heavy atom. The van der Waals surface area contributed by atoms with E-state index in [1.54, 1.807) is 6.07 Å². The van der Waals surface area contributed by atoms with Crippen molar-refractivity contribution in [3.05, 3.63) is 17.5 Å². The Morgan fingerprint density at radius 3 is 2.76 bits per heavy atom. The van der Waals surface area contributed by atoms with Gasteiger partial charge in [0, 0.05) is 12.6 Å². The van der Waals surface area contributed by atoms with Crippen molar-refractivity contribution in [2.75, 3.05) is 6.54 Å². The van der Waals surface area contributed by atoms with Crippen molar-refractivity contribution < 1.29 is 9.32 Å². The van der Waals surface area contributed by atoms with Gasteiger partial charge in [-0.3, -0.25) is 4.79 Å². The summed E-state index contributed by atoms with van der Waals surface area (Å²) in [6.45, 7) is 6.75. The summed E-state index contributed by atoms with van der Waals surface area (Å²) in [4.78, 5) is 11.8. The molecule has 1 amide bonds. The maximum atomic E-state index is 11.8. The molecule has 0 fully saturated rings. The first-order chi connectivity index (χ1) is 8.02. The monoisotopic (exact) mass is 239 g/mol. The maximum absolute atomic E-state index is 11.8. The normalized spacial score (nSPS) is 12.8. The summed E-state index contributed by atoms with van der Waals surface area (Å²) in [6.07, 6.45) is 0.803. The predicted octanol–water partition coefficient (Wildman–Crippen LogP) is 1.22. The van der Waals surface area contributed by atoms with Gasteiger partial charge < -0.3 is 15.6 Å². The zero-order chi connectivity index (χ0) is 12.8. The van der Waals surface area contributed by atoms with Crippen molar-refractivity contribution >= 4 is 5.91 Å². The highest BCUT2D eigenvalue weighted by Crippen LogP contribution is 2.11. The lowest BCUT2D eigenvalue weighted by Gasteiger charge is -2.16. The molecule has 0 saturated heterocycles. The summed E-state index contributed by atoms with van der Waals surface area (Å²) in [5, 5.41) is 6.57. The summed E-state index contributed by atoms with van der Waals surface area (Å²) in [5.74, 6) is 0.979. The SMILES string of the molecule is Cc1cc(CNC(=O)C(CN)CC(C)C)on1. The van der Waals surface area contributed by atoms with E-state index in [0.29, 0.717) is 24.8 Å². The minimum atomic E-state index is -0.126. The molecule has 1 rings (SSSR count). The van der Waals surface area contributed by atoms with Crippen LogP contribution in [-0.4, -0.2) is 17.6 Å². The molecular formula is C12H21N3O2. The van der Waals surface area contributed by atoms with Crippen LogP contribution >= 0.6 is 0 Å². The molecule has 17 heavy (non-hydrogen) atoms. The third kappa shape index (κ3) is 4.56. The number of nitrogens with two attached hydrogens (primary N) is 1. The number of nitrogens with zero attached hydrogens (tertiary/aromatic N) is 1. The molecule has 3 N–H and O–H groups in total.